The van der Waals surface area contributed by atoms with Crippen molar-refractivity contribution in [3.63, 3.8) is 0 Å². The summed E-state index contributed by atoms with van der Waals surface area (Å²) in [7, 11) is 2.20. The van der Waals surface area contributed by atoms with Crippen LogP contribution in [0.25, 0.3) is 0 Å². The van der Waals surface area contributed by atoms with Crippen LogP contribution in [-0.4, -0.2) is 31.1 Å². The Bertz CT molecular complexity index is 130. The normalized spacial score (nSPS) is 22.2. The molecule has 1 saturated carbocycles. The van der Waals surface area contributed by atoms with Crippen molar-refractivity contribution >= 4 is 0 Å². The quantitative estimate of drug-likeness (QED) is 0.722. The first-order chi connectivity index (χ1) is 6.29. The second-order valence-corrected chi connectivity index (χ2v) is 4.27. The zero-order valence-corrected chi connectivity index (χ0v) is 9.13. The van der Waals surface area contributed by atoms with Gasteiger partial charge < -0.3 is 10.6 Å². The maximum atomic E-state index is 5.84. The second-order valence-electron chi connectivity index (χ2n) is 4.27. The number of nitrogens with two attached hydrogens (primary N) is 1. The molecular weight excluding hydrogens is 160 g/mol. The van der Waals surface area contributed by atoms with Gasteiger partial charge in [-0.15, -0.1) is 0 Å². The van der Waals surface area contributed by atoms with Crippen LogP contribution in [0.3, 0.4) is 0 Å². The fourth-order valence-electron chi connectivity index (χ4n) is 2.49. The van der Waals surface area contributed by atoms with E-state index in [0.717, 1.165) is 19.0 Å². The van der Waals surface area contributed by atoms with Crippen molar-refractivity contribution < 1.29 is 0 Å². The summed E-state index contributed by atoms with van der Waals surface area (Å²) in [5, 5.41) is 0. The van der Waals surface area contributed by atoms with E-state index in [1.165, 1.54) is 32.1 Å². The fraction of sp³-hybridized carbons (Fsp3) is 1.00. The highest BCUT2D eigenvalue weighted by atomic mass is 15.1. The molecule has 1 fully saturated rings. The molecule has 1 aliphatic carbocycles. The molecule has 1 unspecified atom stereocenters. The van der Waals surface area contributed by atoms with E-state index in [2.05, 4.69) is 18.9 Å². The van der Waals surface area contributed by atoms with E-state index in [9.17, 15) is 0 Å². The van der Waals surface area contributed by atoms with E-state index in [0.29, 0.717) is 6.04 Å². The molecule has 1 atom stereocenters. The van der Waals surface area contributed by atoms with Crippen molar-refractivity contribution in [3.05, 3.63) is 0 Å². The Morgan fingerprint density at radius 2 is 1.92 bits per heavy atom. The zero-order valence-electron chi connectivity index (χ0n) is 9.13. The molecule has 0 heterocycles. The third-order valence-corrected chi connectivity index (χ3v) is 3.50. The molecule has 1 rings (SSSR count). The Morgan fingerprint density at radius 3 is 2.38 bits per heavy atom. The summed E-state index contributed by atoms with van der Waals surface area (Å²) >= 11 is 0. The van der Waals surface area contributed by atoms with Crippen LogP contribution >= 0.6 is 0 Å². The molecule has 1 aliphatic rings. The monoisotopic (exact) mass is 184 g/mol. The van der Waals surface area contributed by atoms with Crippen LogP contribution in [0.2, 0.25) is 0 Å². The number of rotatable bonds is 4. The third-order valence-electron chi connectivity index (χ3n) is 3.50. The van der Waals surface area contributed by atoms with Crippen LogP contribution in [0.15, 0.2) is 0 Å². The van der Waals surface area contributed by atoms with Gasteiger partial charge in [-0.3, -0.25) is 0 Å². The number of hydrogen-bond donors (Lipinski definition) is 1. The van der Waals surface area contributed by atoms with E-state index in [1.807, 2.05) is 0 Å². The smallest absolute Gasteiger partial charge is 0.0243 e. The first-order valence-electron chi connectivity index (χ1n) is 5.70. The van der Waals surface area contributed by atoms with Gasteiger partial charge in [0.2, 0.25) is 0 Å². The summed E-state index contributed by atoms with van der Waals surface area (Å²) in [5.74, 6) is 0.865. The molecule has 13 heavy (non-hydrogen) atoms. The van der Waals surface area contributed by atoms with Crippen molar-refractivity contribution in [2.45, 2.75) is 45.1 Å². The van der Waals surface area contributed by atoms with Gasteiger partial charge in [-0.2, -0.15) is 0 Å². The lowest BCUT2D eigenvalue weighted by molar-refractivity contribution is 0.155. The van der Waals surface area contributed by atoms with Gasteiger partial charge in [0.1, 0.15) is 0 Å². The molecule has 0 aromatic heterocycles. The van der Waals surface area contributed by atoms with E-state index < -0.39 is 0 Å². The average Bonchev–Trinajstić information content (AvgIpc) is 2.20. The first kappa shape index (κ1) is 11.0. The summed E-state index contributed by atoms with van der Waals surface area (Å²) in [6, 6.07) is 0.630. The summed E-state index contributed by atoms with van der Waals surface area (Å²) < 4.78 is 0. The van der Waals surface area contributed by atoms with Crippen LogP contribution in [0.4, 0.5) is 0 Å². The highest BCUT2D eigenvalue weighted by Gasteiger charge is 2.24. The summed E-state index contributed by atoms with van der Waals surface area (Å²) in [4.78, 5) is 2.41. The topological polar surface area (TPSA) is 29.3 Å². The molecule has 0 spiro atoms. The summed E-state index contributed by atoms with van der Waals surface area (Å²) in [6.07, 6.45) is 7.06. The fourth-order valence-corrected chi connectivity index (χ4v) is 2.49. The molecule has 0 saturated heterocycles. The predicted molar refractivity (Wildman–Crippen MR) is 57.7 cm³/mol. The molecule has 0 bridgehead atoms. The van der Waals surface area contributed by atoms with Gasteiger partial charge in [0.25, 0.3) is 0 Å². The Kier molecular flexibility index (Phi) is 4.74. The van der Waals surface area contributed by atoms with Crippen LogP contribution < -0.4 is 5.73 Å². The highest BCUT2D eigenvalue weighted by Crippen LogP contribution is 2.28. The molecule has 78 valence electrons. The van der Waals surface area contributed by atoms with Gasteiger partial charge in [-0.1, -0.05) is 26.2 Å². The van der Waals surface area contributed by atoms with Gasteiger partial charge in [-0.05, 0) is 32.4 Å². The largest absolute Gasteiger partial charge is 0.329 e. The van der Waals surface area contributed by atoms with E-state index in [-0.39, 0.29) is 0 Å². The van der Waals surface area contributed by atoms with Crippen LogP contribution in [-0.2, 0) is 0 Å². The van der Waals surface area contributed by atoms with Crippen molar-refractivity contribution in [2.75, 3.05) is 20.1 Å². The Morgan fingerprint density at radius 1 is 1.31 bits per heavy atom. The molecular formula is C11H24N2. The van der Waals surface area contributed by atoms with Gasteiger partial charge in [0, 0.05) is 12.6 Å². The maximum absolute atomic E-state index is 5.84. The molecule has 2 nitrogen and oxygen atoms in total. The zero-order chi connectivity index (χ0) is 9.68. The van der Waals surface area contributed by atoms with Crippen molar-refractivity contribution in [1.82, 2.24) is 4.90 Å². The highest BCUT2D eigenvalue weighted by molar-refractivity contribution is 4.80. The molecule has 2 N–H and O–H groups in total. The molecule has 0 aromatic carbocycles. The van der Waals surface area contributed by atoms with Gasteiger partial charge in [-0.25, -0.2) is 0 Å². The molecule has 2 heteroatoms. The van der Waals surface area contributed by atoms with Crippen LogP contribution in [0, 0.1) is 5.92 Å². The Labute approximate surface area is 82.5 Å². The number of likely N-dealkylation sites (N-methyl/N-ethyl adjacent to an activating group) is 1. The van der Waals surface area contributed by atoms with E-state index in [1.54, 1.807) is 0 Å². The standard InChI is InChI=1S/C11H24N2/c1-3-13(2)11(9-12)10-7-5-4-6-8-10/h10-11H,3-9,12H2,1-2H3. The minimum atomic E-state index is 0.630. The summed E-state index contributed by atoms with van der Waals surface area (Å²) in [5.41, 5.74) is 5.84. The van der Waals surface area contributed by atoms with Crippen molar-refractivity contribution in [3.8, 4) is 0 Å². The second kappa shape index (κ2) is 5.61. The number of hydrogen-bond acceptors (Lipinski definition) is 2. The SMILES string of the molecule is CCN(C)C(CN)C1CCCCC1. The van der Waals surface area contributed by atoms with E-state index >= 15 is 0 Å². The average molecular weight is 184 g/mol. The maximum Gasteiger partial charge on any atom is 0.0243 e. The molecule has 0 radical (unpaired) electrons. The minimum absolute atomic E-state index is 0.630. The molecule has 0 aliphatic heterocycles. The Hall–Kier alpha value is -0.0800. The molecule has 0 aromatic rings. The van der Waals surface area contributed by atoms with Gasteiger partial charge >= 0.3 is 0 Å². The van der Waals surface area contributed by atoms with Gasteiger partial charge in [0.05, 0.1) is 0 Å². The molecule has 0 amide bonds. The summed E-state index contributed by atoms with van der Waals surface area (Å²) in [6.45, 7) is 4.17. The van der Waals surface area contributed by atoms with Crippen LogP contribution in [0.1, 0.15) is 39.0 Å². The lowest BCUT2D eigenvalue weighted by Gasteiger charge is -2.35. The van der Waals surface area contributed by atoms with Crippen LogP contribution in [0.5, 0.6) is 0 Å². The first-order valence-corrected chi connectivity index (χ1v) is 5.70. The Balaban J connectivity index is 2.43. The lowest BCUT2D eigenvalue weighted by atomic mass is 9.83. The van der Waals surface area contributed by atoms with Crippen molar-refractivity contribution in [2.24, 2.45) is 11.7 Å². The predicted octanol–water partition coefficient (Wildman–Crippen LogP) is 1.85. The van der Waals surface area contributed by atoms with E-state index in [4.69, 9.17) is 5.73 Å². The van der Waals surface area contributed by atoms with Crippen molar-refractivity contribution in [1.29, 1.82) is 0 Å². The minimum Gasteiger partial charge on any atom is -0.329 e. The lowest BCUT2D eigenvalue weighted by Crippen LogP contribution is -2.44. The van der Waals surface area contributed by atoms with Gasteiger partial charge in [0.15, 0.2) is 0 Å². The third kappa shape index (κ3) is 2.96. The number of nitrogens with zero attached hydrogens (tertiary/aromatic N) is 1.